The van der Waals surface area contributed by atoms with Gasteiger partial charge in [-0.05, 0) is 36.9 Å². The van der Waals surface area contributed by atoms with Gasteiger partial charge in [0.05, 0.1) is 18.5 Å². The summed E-state index contributed by atoms with van der Waals surface area (Å²) in [7, 11) is 1.55. The molecule has 0 radical (unpaired) electrons. The summed E-state index contributed by atoms with van der Waals surface area (Å²) < 4.78 is 5.27. The Morgan fingerprint density at radius 2 is 2.03 bits per heavy atom. The molecular formula is C21H23N3O3S2. The van der Waals surface area contributed by atoms with E-state index in [0.29, 0.717) is 28.6 Å². The molecule has 0 fully saturated rings. The fourth-order valence-electron chi connectivity index (χ4n) is 2.88. The molecule has 2 aromatic heterocycles. The number of para-hydroxylation sites is 2. The number of benzene rings is 1. The lowest BCUT2D eigenvalue weighted by Crippen LogP contribution is -2.38. The van der Waals surface area contributed by atoms with E-state index in [1.54, 1.807) is 35.5 Å². The van der Waals surface area contributed by atoms with E-state index in [1.807, 2.05) is 42.8 Å². The Labute approximate surface area is 178 Å². The number of hydrogen-bond donors (Lipinski definition) is 1. The molecule has 0 aliphatic rings. The number of carbonyl (C=O) groups excluding carboxylic acids is 2. The average molecular weight is 430 g/mol. The number of nitrogens with zero attached hydrogens (tertiary/aromatic N) is 2. The quantitative estimate of drug-likeness (QED) is 0.564. The van der Waals surface area contributed by atoms with Gasteiger partial charge in [-0.3, -0.25) is 9.59 Å². The molecule has 0 unspecified atom stereocenters. The van der Waals surface area contributed by atoms with E-state index in [0.717, 1.165) is 17.0 Å². The Kier molecular flexibility index (Phi) is 7.00. The Morgan fingerprint density at radius 3 is 2.72 bits per heavy atom. The fourth-order valence-corrected chi connectivity index (χ4v) is 4.63. The number of ether oxygens (including phenoxy) is 1. The van der Waals surface area contributed by atoms with E-state index in [1.165, 1.54) is 11.3 Å². The van der Waals surface area contributed by atoms with Crippen LogP contribution in [0.4, 0.5) is 5.69 Å². The van der Waals surface area contributed by atoms with Gasteiger partial charge in [0.2, 0.25) is 5.91 Å². The van der Waals surface area contributed by atoms with E-state index < -0.39 is 0 Å². The zero-order valence-corrected chi connectivity index (χ0v) is 18.2. The van der Waals surface area contributed by atoms with Crippen LogP contribution in [0, 0.1) is 6.92 Å². The summed E-state index contributed by atoms with van der Waals surface area (Å²) in [5, 5.41) is 7.65. The molecule has 2 amide bonds. The maximum Gasteiger partial charge on any atom is 0.266 e. The highest BCUT2D eigenvalue weighted by molar-refractivity contribution is 7.17. The van der Waals surface area contributed by atoms with Crippen LogP contribution in [0.5, 0.6) is 5.75 Å². The standard InChI is InChI=1S/C21H23N3O3S2/c1-4-10-24(12-18(25)23-16-7-5-6-8-17(16)27-3)21(26)19-14(2)22-20(29-19)15-9-11-28-13-15/h5-9,11,13H,4,10,12H2,1-3H3,(H,23,25). The molecule has 0 aliphatic carbocycles. The van der Waals surface area contributed by atoms with Crippen molar-refractivity contribution in [1.82, 2.24) is 9.88 Å². The summed E-state index contributed by atoms with van der Waals surface area (Å²) in [5.74, 6) is 0.142. The highest BCUT2D eigenvalue weighted by Crippen LogP contribution is 2.30. The van der Waals surface area contributed by atoms with Crippen molar-refractivity contribution in [3.63, 3.8) is 0 Å². The number of hydrogen-bond acceptors (Lipinski definition) is 6. The number of carbonyl (C=O) groups is 2. The minimum absolute atomic E-state index is 0.0319. The number of thiophene rings is 1. The third-order valence-corrected chi connectivity index (χ3v) is 6.13. The zero-order valence-electron chi connectivity index (χ0n) is 16.6. The second-order valence-electron chi connectivity index (χ2n) is 6.42. The number of methoxy groups -OCH3 is 1. The largest absolute Gasteiger partial charge is 0.495 e. The van der Waals surface area contributed by atoms with Crippen LogP contribution < -0.4 is 10.1 Å². The third kappa shape index (κ3) is 5.02. The van der Waals surface area contributed by atoms with Crippen molar-refractivity contribution in [2.45, 2.75) is 20.3 Å². The smallest absolute Gasteiger partial charge is 0.266 e. The average Bonchev–Trinajstić information content (AvgIpc) is 3.37. The topological polar surface area (TPSA) is 71.5 Å². The highest BCUT2D eigenvalue weighted by Gasteiger charge is 2.24. The molecule has 0 bridgehead atoms. The van der Waals surface area contributed by atoms with Gasteiger partial charge in [-0.25, -0.2) is 4.98 Å². The highest BCUT2D eigenvalue weighted by atomic mass is 32.1. The van der Waals surface area contributed by atoms with Crippen molar-refractivity contribution in [3.05, 3.63) is 51.7 Å². The first kappa shape index (κ1) is 21.0. The van der Waals surface area contributed by atoms with Crippen LogP contribution in [0.1, 0.15) is 28.7 Å². The summed E-state index contributed by atoms with van der Waals surface area (Å²) in [5.41, 5.74) is 2.28. The van der Waals surface area contributed by atoms with E-state index in [2.05, 4.69) is 10.3 Å². The molecule has 3 aromatic rings. The van der Waals surface area contributed by atoms with E-state index in [-0.39, 0.29) is 18.4 Å². The van der Waals surface area contributed by atoms with Gasteiger partial charge in [-0.15, -0.1) is 11.3 Å². The lowest BCUT2D eigenvalue weighted by Gasteiger charge is -2.21. The van der Waals surface area contributed by atoms with Crippen LogP contribution in [0.25, 0.3) is 10.6 Å². The molecule has 1 N–H and O–H groups in total. The van der Waals surface area contributed by atoms with Crippen LogP contribution in [-0.2, 0) is 4.79 Å². The Hall–Kier alpha value is -2.71. The van der Waals surface area contributed by atoms with Crippen molar-refractivity contribution in [2.75, 3.05) is 25.5 Å². The van der Waals surface area contributed by atoms with Gasteiger partial charge in [0, 0.05) is 17.5 Å². The molecule has 0 atom stereocenters. The number of thiazole rings is 1. The van der Waals surface area contributed by atoms with Crippen LogP contribution in [0.2, 0.25) is 0 Å². The fraction of sp³-hybridized carbons (Fsp3) is 0.286. The van der Waals surface area contributed by atoms with Gasteiger partial charge in [0.1, 0.15) is 22.2 Å². The van der Waals surface area contributed by atoms with E-state index in [4.69, 9.17) is 4.74 Å². The number of anilines is 1. The Morgan fingerprint density at radius 1 is 1.24 bits per heavy atom. The Bertz CT molecular complexity index is 983. The minimum atomic E-state index is -0.267. The maximum atomic E-state index is 13.1. The van der Waals surface area contributed by atoms with Gasteiger partial charge in [-0.1, -0.05) is 19.1 Å². The number of aryl methyl sites for hydroxylation is 1. The summed E-state index contributed by atoms with van der Waals surface area (Å²) in [6, 6.07) is 9.18. The predicted octanol–water partition coefficient (Wildman–Crippen LogP) is 4.68. The van der Waals surface area contributed by atoms with Crippen molar-refractivity contribution in [1.29, 1.82) is 0 Å². The summed E-state index contributed by atoms with van der Waals surface area (Å²) in [6.07, 6.45) is 0.753. The van der Waals surface area contributed by atoms with Crippen LogP contribution in [0.15, 0.2) is 41.1 Å². The summed E-state index contributed by atoms with van der Waals surface area (Å²) in [6.45, 7) is 4.27. The lowest BCUT2D eigenvalue weighted by molar-refractivity contribution is -0.116. The first-order valence-electron chi connectivity index (χ1n) is 9.25. The molecule has 3 rings (SSSR count). The lowest BCUT2D eigenvalue weighted by atomic mass is 10.2. The second-order valence-corrected chi connectivity index (χ2v) is 8.20. The predicted molar refractivity (Wildman–Crippen MR) is 118 cm³/mol. The van der Waals surface area contributed by atoms with Gasteiger partial charge in [-0.2, -0.15) is 11.3 Å². The zero-order chi connectivity index (χ0) is 20.8. The SMILES string of the molecule is CCCN(CC(=O)Nc1ccccc1OC)C(=O)c1sc(-c2ccsc2)nc1C. The molecule has 0 saturated carbocycles. The molecule has 0 aliphatic heterocycles. The van der Waals surface area contributed by atoms with Gasteiger partial charge in [0.15, 0.2) is 0 Å². The first-order chi connectivity index (χ1) is 14.0. The van der Waals surface area contributed by atoms with Crippen LogP contribution >= 0.6 is 22.7 Å². The van der Waals surface area contributed by atoms with E-state index in [9.17, 15) is 9.59 Å². The molecule has 1 aromatic carbocycles. The number of rotatable bonds is 8. The molecule has 0 spiro atoms. The van der Waals surface area contributed by atoms with Crippen LogP contribution in [0.3, 0.4) is 0 Å². The van der Waals surface area contributed by atoms with Crippen LogP contribution in [-0.4, -0.2) is 41.9 Å². The second kappa shape index (κ2) is 9.67. The first-order valence-corrected chi connectivity index (χ1v) is 11.0. The summed E-state index contributed by atoms with van der Waals surface area (Å²) in [4.78, 5) is 32.4. The number of aromatic nitrogens is 1. The van der Waals surface area contributed by atoms with Crippen molar-refractivity contribution in [2.24, 2.45) is 0 Å². The monoisotopic (exact) mass is 429 g/mol. The molecule has 6 nitrogen and oxygen atoms in total. The molecule has 2 heterocycles. The van der Waals surface area contributed by atoms with Crippen molar-refractivity contribution < 1.29 is 14.3 Å². The molecule has 29 heavy (non-hydrogen) atoms. The third-order valence-electron chi connectivity index (χ3n) is 4.26. The van der Waals surface area contributed by atoms with Gasteiger partial charge >= 0.3 is 0 Å². The molecule has 0 saturated heterocycles. The maximum absolute atomic E-state index is 13.1. The number of amides is 2. The number of nitrogens with one attached hydrogen (secondary N) is 1. The van der Waals surface area contributed by atoms with Gasteiger partial charge < -0.3 is 15.0 Å². The molecule has 8 heteroatoms. The molecule has 152 valence electrons. The van der Waals surface area contributed by atoms with Crippen molar-refractivity contribution in [3.8, 4) is 16.3 Å². The normalized spacial score (nSPS) is 10.6. The summed E-state index contributed by atoms with van der Waals surface area (Å²) >= 11 is 2.96. The van der Waals surface area contributed by atoms with E-state index >= 15 is 0 Å². The minimum Gasteiger partial charge on any atom is -0.495 e. The van der Waals surface area contributed by atoms with Crippen molar-refractivity contribution >= 4 is 40.2 Å². The Balaban J connectivity index is 1.75. The van der Waals surface area contributed by atoms with Gasteiger partial charge in [0.25, 0.3) is 5.91 Å². The molecular weight excluding hydrogens is 406 g/mol.